The Morgan fingerprint density at radius 3 is 2.70 bits per heavy atom. The molecular formula is C8H17NO. The normalized spacial score (nSPS) is 31.8. The summed E-state index contributed by atoms with van der Waals surface area (Å²) >= 11 is 0. The van der Waals surface area contributed by atoms with Crippen LogP contribution in [0.2, 0.25) is 0 Å². The molecule has 1 fully saturated rings. The molecular weight excluding hydrogens is 126 g/mol. The smallest absolute Gasteiger partial charge is 0.0577 e. The van der Waals surface area contributed by atoms with E-state index < -0.39 is 0 Å². The fraction of sp³-hybridized carbons (Fsp3) is 1.00. The van der Waals surface area contributed by atoms with Crippen molar-refractivity contribution in [2.75, 3.05) is 20.2 Å². The molecule has 0 unspecified atom stereocenters. The highest BCUT2D eigenvalue weighted by Gasteiger charge is 2.27. The second kappa shape index (κ2) is 3.94. The summed E-state index contributed by atoms with van der Waals surface area (Å²) < 4.78 is 5.17. The Kier molecular flexibility index (Phi) is 3.16. The first-order chi connectivity index (χ1) is 4.86. The van der Waals surface area contributed by atoms with Gasteiger partial charge in [-0.15, -0.1) is 0 Å². The standard InChI is InChI=1S/C8H17NO/c1-3-9-6-7-4-8(5-7)10-2/h7-9H,3-6H2,1-2H3. The predicted octanol–water partition coefficient (Wildman–Crippen LogP) is 1.02. The lowest BCUT2D eigenvalue weighted by Gasteiger charge is -2.34. The summed E-state index contributed by atoms with van der Waals surface area (Å²) in [4.78, 5) is 0. The molecule has 0 aliphatic heterocycles. The van der Waals surface area contributed by atoms with Crippen LogP contribution < -0.4 is 5.32 Å². The topological polar surface area (TPSA) is 21.3 Å². The van der Waals surface area contributed by atoms with Crippen LogP contribution in [0.1, 0.15) is 19.8 Å². The van der Waals surface area contributed by atoms with Crippen molar-refractivity contribution in [3.8, 4) is 0 Å². The minimum atomic E-state index is 0.559. The van der Waals surface area contributed by atoms with Crippen LogP contribution in [0.15, 0.2) is 0 Å². The van der Waals surface area contributed by atoms with Crippen LogP contribution in [-0.2, 0) is 4.74 Å². The molecule has 0 heterocycles. The first kappa shape index (κ1) is 8.02. The third-order valence-electron chi connectivity index (χ3n) is 2.21. The predicted molar refractivity (Wildman–Crippen MR) is 42.1 cm³/mol. The van der Waals surface area contributed by atoms with Gasteiger partial charge in [0.05, 0.1) is 6.10 Å². The number of methoxy groups -OCH3 is 1. The van der Waals surface area contributed by atoms with Gasteiger partial charge in [-0.2, -0.15) is 0 Å². The molecule has 1 aliphatic carbocycles. The largest absolute Gasteiger partial charge is 0.381 e. The van der Waals surface area contributed by atoms with Gasteiger partial charge in [0.2, 0.25) is 0 Å². The number of ether oxygens (including phenoxy) is 1. The maximum Gasteiger partial charge on any atom is 0.0577 e. The maximum atomic E-state index is 5.17. The highest BCUT2D eigenvalue weighted by atomic mass is 16.5. The van der Waals surface area contributed by atoms with Crippen LogP contribution in [0.3, 0.4) is 0 Å². The molecule has 0 aromatic heterocycles. The highest BCUT2D eigenvalue weighted by molar-refractivity contribution is 4.80. The minimum Gasteiger partial charge on any atom is -0.381 e. The Morgan fingerprint density at radius 1 is 1.50 bits per heavy atom. The Hall–Kier alpha value is -0.0800. The average molecular weight is 143 g/mol. The van der Waals surface area contributed by atoms with E-state index in [-0.39, 0.29) is 0 Å². The quantitative estimate of drug-likeness (QED) is 0.634. The van der Waals surface area contributed by atoms with Crippen LogP contribution in [0.25, 0.3) is 0 Å². The van der Waals surface area contributed by atoms with Crippen LogP contribution in [-0.4, -0.2) is 26.3 Å². The molecule has 1 aliphatic rings. The third kappa shape index (κ3) is 1.96. The van der Waals surface area contributed by atoms with E-state index in [1.807, 2.05) is 0 Å². The van der Waals surface area contributed by atoms with Gasteiger partial charge in [0, 0.05) is 7.11 Å². The molecule has 0 aromatic rings. The van der Waals surface area contributed by atoms with Gasteiger partial charge in [-0.1, -0.05) is 6.92 Å². The Bertz CT molecular complexity index is 86.5. The summed E-state index contributed by atoms with van der Waals surface area (Å²) in [5.74, 6) is 0.880. The molecule has 0 bridgehead atoms. The van der Waals surface area contributed by atoms with Gasteiger partial charge in [-0.05, 0) is 31.8 Å². The van der Waals surface area contributed by atoms with Gasteiger partial charge < -0.3 is 10.1 Å². The summed E-state index contributed by atoms with van der Waals surface area (Å²) in [6.45, 7) is 4.41. The SMILES string of the molecule is CCNCC1CC(OC)C1. The molecule has 1 N–H and O–H groups in total. The summed E-state index contributed by atoms with van der Waals surface area (Å²) in [6, 6.07) is 0. The maximum absolute atomic E-state index is 5.17. The number of hydrogen-bond acceptors (Lipinski definition) is 2. The number of rotatable bonds is 4. The fourth-order valence-corrected chi connectivity index (χ4v) is 1.38. The van der Waals surface area contributed by atoms with Crippen molar-refractivity contribution in [1.82, 2.24) is 5.32 Å². The molecule has 0 spiro atoms. The van der Waals surface area contributed by atoms with E-state index in [1.165, 1.54) is 19.4 Å². The van der Waals surface area contributed by atoms with E-state index in [0.29, 0.717) is 6.10 Å². The van der Waals surface area contributed by atoms with Gasteiger partial charge in [-0.25, -0.2) is 0 Å². The van der Waals surface area contributed by atoms with E-state index in [1.54, 1.807) is 7.11 Å². The van der Waals surface area contributed by atoms with Crippen LogP contribution in [0.4, 0.5) is 0 Å². The number of hydrogen-bond donors (Lipinski definition) is 1. The Morgan fingerprint density at radius 2 is 2.20 bits per heavy atom. The molecule has 2 heteroatoms. The molecule has 0 radical (unpaired) electrons. The summed E-state index contributed by atoms with van der Waals surface area (Å²) in [7, 11) is 1.80. The summed E-state index contributed by atoms with van der Waals surface area (Å²) in [6.07, 6.45) is 3.07. The summed E-state index contributed by atoms with van der Waals surface area (Å²) in [5, 5.41) is 3.34. The van der Waals surface area contributed by atoms with Crippen molar-refractivity contribution in [2.45, 2.75) is 25.9 Å². The third-order valence-corrected chi connectivity index (χ3v) is 2.21. The van der Waals surface area contributed by atoms with Gasteiger partial charge >= 0.3 is 0 Å². The van der Waals surface area contributed by atoms with Crippen LogP contribution in [0.5, 0.6) is 0 Å². The van der Waals surface area contributed by atoms with E-state index >= 15 is 0 Å². The molecule has 0 amide bonds. The van der Waals surface area contributed by atoms with Crippen molar-refractivity contribution in [3.05, 3.63) is 0 Å². The van der Waals surface area contributed by atoms with E-state index in [4.69, 9.17) is 4.74 Å². The molecule has 10 heavy (non-hydrogen) atoms. The molecule has 1 rings (SSSR count). The van der Waals surface area contributed by atoms with Crippen molar-refractivity contribution >= 4 is 0 Å². The molecule has 2 nitrogen and oxygen atoms in total. The Labute approximate surface area is 63.0 Å². The average Bonchev–Trinajstić information content (AvgIpc) is 1.86. The molecule has 1 saturated carbocycles. The zero-order valence-electron chi connectivity index (χ0n) is 6.89. The molecule has 0 aromatic carbocycles. The molecule has 0 saturated heterocycles. The zero-order chi connectivity index (χ0) is 7.40. The molecule has 0 atom stereocenters. The van der Waals surface area contributed by atoms with Crippen molar-refractivity contribution in [1.29, 1.82) is 0 Å². The first-order valence-electron chi connectivity index (χ1n) is 4.10. The lowest BCUT2D eigenvalue weighted by atomic mass is 9.82. The lowest BCUT2D eigenvalue weighted by molar-refractivity contribution is 0.00179. The van der Waals surface area contributed by atoms with Gasteiger partial charge in [0.15, 0.2) is 0 Å². The van der Waals surface area contributed by atoms with E-state index in [0.717, 1.165) is 12.5 Å². The first-order valence-corrected chi connectivity index (χ1v) is 4.10. The Balaban J connectivity index is 1.93. The van der Waals surface area contributed by atoms with E-state index in [9.17, 15) is 0 Å². The second-order valence-corrected chi connectivity index (χ2v) is 3.00. The lowest BCUT2D eigenvalue weighted by Crippen LogP contribution is -2.37. The van der Waals surface area contributed by atoms with Crippen LogP contribution in [0, 0.1) is 5.92 Å². The van der Waals surface area contributed by atoms with Crippen molar-refractivity contribution in [3.63, 3.8) is 0 Å². The monoisotopic (exact) mass is 143 g/mol. The van der Waals surface area contributed by atoms with Crippen molar-refractivity contribution in [2.24, 2.45) is 5.92 Å². The van der Waals surface area contributed by atoms with E-state index in [2.05, 4.69) is 12.2 Å². The zero-order valence-corrected chi connectivity index (χ0v) is 6.89. The number of nitrogens with one attached hydrogen (secondary N) is 1. The van der Waals surface area contributed by atoms with Gasteiger partial charge in [-0.3, -0.25) is 0 Å². The van der Waals surface area contributed by atoms with Crippen molar-refractivity contribution < 1.29 is 4.74 Å². The van der Waals surface area contributed by atoms with Gasteiger partial charge in [0.25, 0.3) is 0 Å². The highest BCUT2D eigenvalue weighted by Crippen LogP contribution is 2.28. The van der Waals surface area contributed by atoms with Crippen LogP contribution >= 0.6 is 0 Å². The minimum absolute atomic E-state index is 0.559. The molecule has 60 valence electrons. The second-order valence-electron chi connectivity index (χ2n) is 3.00. The fourth-order valence-electron chi connectivity index (χ4n) is 1.38. The van der Waals surface area contributed by atoms with Gasteiger partial charge in [0.1, 0.15) is 0 Å². The summed E-state index contributed by atoms with van der Waals surface area (Å²) in [5.41, 5.74) is 0.